The normalized spacial score (nSPS) is 16.5. The standard InChI is InChI=1S/C24H16F6N2O2S/c25-23(26,27)16-6-4-14(5-7-16)21(34)31-18-3-1-2-15(12-18)22-32(20(33)13-35-22)19-10-8-17(9-11-19)24(28,29)30/h1-12,22H,13H2,(H,31,34)/t22-/m0/s1. The Labute approximate surface area is 199 Å². The van der Waals surface area contributed by atoms with E-state index in [1.165, 1.54) is 28.8 Å². The molecule has 1 aliphatic heterocycles. The highest BCUT2D eigenvalue weighted by Crippen LogP contribution is 2.43. The van der Waals surface area contributed by atoms with Crippen molar-refractivity contribution in [3.63, 3.8) is 0 Å². The van der Waals surface area contributed by atoms with E-state index in [0.29, 0.717) is 16.9 Å². The van der Waals surface area contributed by atoms with Crippen molar-refractivity contribution in [3.05, 3.63) is 95.1 Å². The highest BCUT2D eigenvalue weighted by atomic mass is 32.2. The van der Waals surface area contributed by atoms with Gasteiger partial charge in [-0.3, -0.25) is 14.5 Å². The summed E-state index contributed by atoms with van der Waals surface area (Å²) in [6.45, 7) is 0. The molecule has 0 spiro atoms. The van der Waals surface area contributed by atoms with E-state index in [0.717, 1.165) is 36.4 Å². The van der Waals surface area contributed by atoms with Crippen LogP contribution in [0.5, 0.6) is 0 Å². The van der Waals surface area contributed by atoms with Gasteiger partial charge in [0.2, 0.25) is 5.91 Å². The molecule has 0 radical (unpaired) electrons. The first-order chi connectivity index (χ1) is 16.4. The summed E-state index contributed by atoms with van der Waals surface area (Å²) in [4.78, 5) is 26.4. The van der Waals surface area contributed by atoms with Gasteiger partial charge in [0.05, 0.1) is 16.9 Å². The maximum atomic E-state index is 12.9. The fraction of sp³-hybridized carbons (Fsp3) is 0.167. The van der Waals surface area contributed by atoms with Crippen LogP contribution in [-0.2, 0) is 17.1 Å². The fourth-order valence-corrected chi connectivity index (χ4v) is 4.71. The SMILES string of the molecule is O=C(Nc1cccc([C@@H]2SCC(=O)N2c2ccc(C(F)(F)F)cc2)c1)c1ccc(C(F)(F)F)cc1. The molecule has 1 aliphatic rings. The first kappa shape index (κ1) is 24.6. The van der Waals surface area contributed by atoms with Gasteiger partial charge in [-0.25, -0.2) is 0 Å². The molecule has 0 aliphatic carbocycles. The minimum atomic E-state index is -4.52. The number of nitrogens with zero attached hydrogens (tertiary/aromatic N) is 1. The Morgan fingerprint density at radius 3 is 2.00 bits per heavy atom. The van der Waals surface area contributed by atoms with Crippen LogP contribution >= 0.6 is 11.8 Å². The van der Waals surface area contributed by atoms with E-state index in [-0.39, 0.29) is 17.2 Å². The van der Waals surface area contributed by atoms with E-state index in [1.807, 2.05) is 0 Å². The zero-order chi connectivity index (χ0) is 25.4. The lowest BCUT2D eigenvalue weighted by molar-refractivity contribution is -0.138. The molecule has 1 saturated heterocycles. The van der Waals surface area contributed by atoms with Crippen LogP contribution in [0.1, 0.15) is 32.4 Å². The molecule has 0 bridgehead atoms. The second-order valence-electron chi connectivity index (χ2n) is 7.63. The molecule has 35 heavy (non-hydrogen) atoms. The molecule has 0 saturated carbocycles. The Kier molecular flexibility index (Phi) is 6.54. The van der Waals surface area contributed by atoms with E-state index >= 15 is 0 Å². The molecule has 3 aromatic carbocycles. The van der Waals surface area contributed by atoms with Gasteiger partial charge in [0.25, 0.3) is 5.91 Å². The van der Waals surface area contributed by atoms with Crippen LogP contribution in [0.2, 0.25) is 0 Å². The lowest BCUT2D eigenvalue weighted by atomic mass is 10.1. The summed E-state index contributed by atoms with van der Waals surface area (Å²) >= 11 is 1.28. The number of benzene rings is 3. The van der Waals surface area contributed by atoms with Crippen molar-refractivity contribution in [2.45, 2.75) is 17.7 Å². The number of amides is 2. The van der Waals surface area contributed by atoms with Gasteiger partial charge in [-0.15, -0.1) is 11.8 Å². The van der Waals surface area contributed by atoms with Crippen molar-refractivity contribution in [3.8, 4) is 0 Å². The summed E-state index contributed by atoms with van der Waals surface area (Å²) in [6, 6.07) is 14.6. The van der Waals surface area contributed by atoms with Gasteiger partial charge in [0.1, 0.15) is 5.37 Å². The van der Waals surface area contributed by atoms with E-state index in [2.05, 4.69) is 5.32 Å². The van der Waals surface area contributed by atoms with Crippen molar-refractivity contribution >= 4 is 35.0 Å². The molecule has 11 heteroatoms. The zero-order valence-corrected chi connectivity index (χ0v) is 18.5. The molecule has 2 amide bonds. The largest absolute Gasteiger partial charge is 0.416 e. The second-order valence-corrected chi connectivity index (χ2v) is 8.69. The second kappa shape index (κ2) is 9.29. The molecule has 4 nitrogen and oxygen atoms in total. The van der Waals surface area contributed by atoms with Gasteiger partial charge in [-0.1, -0.05) is 12.1 Å². The van der Waals surface area contributed by atoms with Crippen LogP contribution in [-0.4, -0.2) is 17.6 Å². The Morgan fingerprint density at radius 1 is 0.857 bits per heavy atom. The minimum Gasteiger partial charge on any atom is -0.322 e. The Morgan fingerprint density at radius 2 is 1.43 bits per heavy atom. The van der Waals surface area contributed by atoms with Crippen LogP contribution in [0.25, 0.3) is 0 Å². The average molecular weight is 510 g/mol. The van der Waals surface area contributed by atoms with Gasteiger partial charge >= 0.3 is 12.4 Å². The number of carbonyl (C=O) groups is 2. The van der Waals surface area contributed by atoms with Crippen LogP contribution in [0.3, 0.4) is 0 Å². The highest BCUT2D eigenvalue weighted by Gasteiger charge is 2.36. The zero-order valence-electron chi connectivity index (χ0n) is 17.7. The van der Waals surface area contributed by atoms with Gasteiger partial charge in [0, 0.05) is 16.9 Å². The third kappa shape index (κ3) is 5.45. The van der Waals surface area contributed by atoms with E-state index < -0.39 is 34.8 Å². The van der Waals surface area contributed by atoms with Gasteiger partial charge < -0.3 is 5.32 Å². The van der Waals surface area contributed by atoms with E-state index in [1.54, 1.807) is 24.3 Å². The van der Waals surface area contributed by atoms with Crippen molar-refractivity contribution < 1.29 is 35.9 Å². The molecule has 3 aromatic rings. The lowest BCUT2D eigenvalue weighted by Crippen LogP contribution is -2.28. The van der Waals surface area contributed by atoms with Gasteiger partial charge in [-0.05, 0) is 66.2 Å². The number of thioether (sulfide) groups is 1. The molecular weight excluding hydrogens is 494 g/mol. The maximum absolute atomic E-state index is 12.9. The highest BCUT2D eigenvalue weighted by molar-refractivity contribution is 8.00. The number of alkyl halides is 6. The Hall–Kier alpha value is -3.47. The van der Waals surface area contributed by atoms with Crippen molar-refractivity contribution in [1.29, 1.82) is 0 Å². The summed E-state index contributed by atoms with van der Waals surface area (Å²) in [6.07, 6.45) is -9.01. The summed E-state index contributed by atoms with van der Waals surface area (Å²) in [7, 11) is 0. The predicted molar refractivity (Wildman–Crippen MR) is 120 cm³/mol. The minimum absolute atomic E-state index is 0.0280. The van der Waals surface area contributed by atoms with E-state index in [9.17, 15) is 35.9 Å². The monoisotopic (exact) mass is 510 g/mol. The molecule has 0 unspecified atom stereocenters. The summed E-state index contributed by atoms with van der Waals surface area (Å²) in [5, 5.41) is 2.07. The molecule has 1 N–H and O–H groups in total. The smallest absolute Gasteiger partial charge is 0.322 e. The van der Waals surface area contributed by atoms with Gasteiger partial charge in [0.15, 0.2) is 0 Å². The molecular formula is C24H16F6N2O2S. The van der Waals surface area contributed by atoms with Gasteiger partial charge in [-0.2, -0.15) is 26.3 Å². The van der Waals surface area contributed by atoms with Crippen molar-refractivity contribution in [1.82, 2.24) is 0 Å². The molecule has 182 valence electrons. The number of hydrogen-bond donors (Lipinski definition) is 1. The Bertz CT molecular complexity index is 1240. The molecule has 0 aromatic heterocycles. The lowest BCUT2D eigenvalue weighted by Gasteiger charge is -2.25. The quantitative estimate of drug-likeness (QED) is 0.395. The molecule has 4 rings (SSSR count). The number of anilines is 2. The summed E-state index contributed by atoms with van der Waals surface area (Å²) in [5.74, 6) is -0.780. The number of halogens is 6. The first-order valence-electron chi connectivity index (χ1n) is 10.1. The number of rotatable bonds is 4. The maximum Gasteiger partial charge on any atom is 0.416 e. The number of hydrogen-bond acceptors (Lipinski definition) is 3. The van der Waals surface area contributed by atoms with E-state index in [4.69, 9.17) is 0 Å². The molecule has 1 fully saturated rings. The summed E-state index contributed by atoms with van der Waals surface area (Å²) < 4.78 is 76.9. The van der Waals surface area contributed by atoms with Crippen LogP contribution < -0.4 is 10.2 Å². The molecule has 1 heterocycles. The third-order valence-corrected chi connectivity index (χ3v) is 6.46. The number of carbonyl (C=O) groups excluding carboxylic acids is 2. The first-order valence-corrected chi connectivity index (χ1v) is 11.2. The average Bonchev–Trinajstić information content (AvgIpc) is 3.19. The predicted octanol–water partition coefficient (Wildman–Crippen LogP) is 6.76. The topological polar surface area (TPSA) is 49.4 Å². The molecule has 1 atom stereocenters. The van der Waals surface area contributed by atoms with Crippen molar-refractivity contribution in [2.24, 2.45) is 0 Å². The van der Waals surface area contributed by atoms with Crippen molar-refractivity contribution in [2.75, 3.05) is 16.0 Å². The van der Waals surface area contributed by atoms with Crippen LogP contribution in [0.4, 0.5) is 37.7 Å². The fourth-order valence-electron chi connectivity index (χ4n) is 3.54. The number of nitrogens with one attached hydrogen (secondary N) is 1. The van der Waals surface area contributed by atoms with Crippen LogP contribution in [0, 0.1) is 0 Å². The Balaban J connectivity index is 1.53. The third-order valence-electron chi connectivity index (χ3n) is 5.24. The summed E-state index contributed by atoms with van der Waals surface area (Å²) in [5.41, 5.74) is -0.407. The van der Waals surface area contributed by atoms with Crippen LogP contribution in [0.15, 0.2) is 72.8 Å².